The minimum absolute atomic E-state index is 0.0217. The number of aromatic amines is 1. The lowest BCUT2D eigenvalue weighted by Crippen LogP contribution is -2.54. The first-order valence-electron chi connectivity index (χ1n) is 14.5. The molecule has 0 saturated heterocycles. The van der Waals surface area contributed by atoms with Gasteiger partial charge in [-0.15, -0.1) is 0 Å². The van der Waals surface area contributed by atoms with Gasteiger partial charge in [-0.1, -0.05) is 47.5 Å². The number of ether oxygens (including phenoxy) is 2. The zero-order valence-electron chi connectivity index (χ0n) is 25.0. The van der Waals surface area contributed by atoms with Crippen LogP contribution in [0.3, 0.4) is 0 Å². The number of halogens is 2. The second-order valence-corrected chi connectivity index (χ2v) is 12.7. The van der Waals surface area contributed by atoms with E-state index in [-0.39, 0.29) is 21.5 Å². The summed E-state index contributed by atoms with van der Waals surface area (Å²) in [7, 11) is 0. The Morgan fingerprint density at radius 2 is 1.80 bits per heavy atom. The molecule has 3 N–H and O–H groups in total. The molecule has 5 rings (SSSR count). The van der Waals surface area contributed by atoms with Crippen LogP contribution in [0.4, 0.5) is 4.79 Å². The Morgan fingerprint density at radius 3 is 2.44 bits per heavy atom. The highest BCUT2D eigenvalue weighted by Gasteiger charge is 2.34. The van der Waals surface area contributed by atoms with Crippen molar-refractivity contribution in [2.75, 3.05) is 0 Å². The van der Waals surface area contributed by atoms with Crippen LogP contribution in [0.1, 0.15) is 74.0 Å². The van der Waals surface area contributed by atoms with E-state index in [9.17, 15) is 20.0 Å². The quantitative estimate of drug-likeness (QED) is 0.182. The monoisotopic (exact) mass is 649 g/mol. The minimum atomic E-state index is -1.22. The van der Waals surface area contributed by atoms with Crippen molar-refractivity contribution in [3.05, 3.63) is 87.7 Å². The van der Waals surface area contributed by atoms with Crippen molar-refractivity contribution < 1.29 is 24.2 Å². The lowest BCUT2D eigenvalue weighted by atomic mass is 9.86. The van der Waals surface area contributed by atoms with E-state index >= 15 is 0 Å². The maximum absolute atomic E-state index is 14.0. The molecule has 234 valence electrons. The van der Waals surface area contributed by atoms with Gasteiger partial charge in [0.15, 0.2) is 0 Å². The van der Waals surface area contributed by atoms with Gasteiger partial charge in [0.05, 0.1) is 27.7 Å². The van der Waals surface area contributed by atoms with Gasteiger partial charge in [0.25, 0.3) is 5.91 Å². The van der Waals surface area contributed by atoms with Crippen molar-refractivity contribution in [2.45, 2.75) is 64.2 Å². The van der Waals surface area contributed by atoms with Crippen LogP contribution < -0.4 is 10.2 Å². The average Bonchev–Trinajstić information content (AvgIpc) is 3.44. The third-order valence-corrected chi connectivity index (χ3v) is 8.23. The summed E-state index contributed by atoms with van der Waals surface area (Å²) in [6.07, 6.45) is 3.04. The molecular weight excluding hydrogens is 617 g/mol. The third-order valence-electron chi connectivity index (χ3n) is 7.51. The SMILES string of the molecule is CC(C)(C)OC(=O)NN(C(=O)c1cnc2[nH]cc(C(O)c3ccc(Oc4ccccc4)cc3Cl)c2c1Cl)C1CCC(C#N)CC1. The Balaban J connectivity index is 1.45. The van der Waals surface area contributed by atoms with Crippen LogP contribution in [-0.2, 0) is 4.74 Å². The summed E-state index contributed by atoms with van der Waals surface area (Å²) in [6, 6.07) is 16.1. The molecule has 0 bridgehead atoms. The van der Waals surface area contributed by atoms with Crippen molar-refractivity contribution in [3.8, 4) is 17.6 Å². The van der Waals surface area contributed by atoms with Crippen LogP contribution >= 0.6 is 23.2 Å². The Morgan fingerprint density at radius 1 is 1.09 bits per heavy atom. The summed E-state index contributed by atoms with van der Waals surface area (Å²) < 4.78 is 11.3. The zero-order chi connectivity index (χ0) is 32.3. The molecule has 1 fully saturated rings. The number of fused-ring (bicyclic) bond motifs is 1. The number of hydrogen-bond acceptors (Lipinski definition) is 7. The van der Waals surface area contributed by atoms with Gasteiger partial charge in [-0.05, 0) is 70.7 Å². The largest absolute Gasteiger partial charge is 0.457 e. The molecule has 10 nitrogen and oxygen atoms in total. The van der Waals surface area contributed by atoms with Crippen LogP contribution in [0.2, 0.25) is 10.0 Å². The Hall–Kier alpha value is -4.30. The van der Waals surface area contributed by atoms with Crippen LogP contribution in [0, 0.1) is 17.2 Å². The maximum atomic E-state index is 14.0. The van der Waals surface area contributed by atoms with Gasteiger partial charge in [-0.2, -0.15) is 5.26 Å². The number of carbonyl (C=O) groups is 2. The highest BCUT2D eigenvalue weighted by atomic mass is 35.5. The smallest absolute Gasteiger partial charge is 0.426 e. The van der Waals surface area contributed by atoms with Gasteiger partial charge < -0.3 is 19.6 Å². The molecule has 0 aliphatic heterocycles. The molecule has 1 aliphatic carbocycles. The summed E-state index contributed by atoms with van der Waals surface area (Å²) >= 11 is 13.5. The number of nitrogens with zero attached hydrogens (tertiary/aromatic N) is 3. The van der Waals surface area contributed by atoms with E-state index in [0.29, 0.717) is 59.3 Å². The number of H-pyrrole nitrogens is 1. The molecular formula is C33H33Cl2N5O5. The van der Waals surface area contributed by atoms with Crippen molar-refractivity contribution >= 4 is 46.2 Å². The molecule has 2 heterocycles. The Bertz CT molecular complexity index is 1740. The van der Waals surface area contributed by atoms with Gasteiger partial charge in [0, 0.05) is 34.8 Å². The molecule has 2 aromatic heterocycles. The predicted molar refractivity (Wildman–Crippen MR) is 170 cm³/mol. The van der Waals surface area contributed by atoms with E-state index < -0.39 is 29.7 Å². The first-order valence-corrected chi connectivity index (χ1v) is 15.3. The number of nitriles is 1. The number of aromatic nitrogens is 2. The van der Waals surface area contributed by atoms with Gasteiger partial charge in [0.1, 0.15) is 28.9 Å². The topological polar surface area (TPSA) is 141 Å². The number of carbonyl (C=O) groups excluding carboxylic acids is 2. The van der Waals surface area contributed by atoms with E-state index in [2.05, 4.69) is 21.5 Å². The van der Waals surface area contributed by atoms with Gasteiger partial charge >= 0.3 is 6.09 Å². The van der Waals surface area contributed by atoms with Gasteiger partial charge in [-0.25, -0.2) is 20.2 Å². The van der Waals surface area contributed by atoms with Crippen molar-refractivity contribution in [2.24, 2.45) is 5.92 Å². The van der Waals surface area contributed by atoms with E-state index in [4.69, 9.17) is 32.7 Å². The fourth-order valence-electron chi connectivity index (χ4n) is 5.33. The predicted octanol–water partition coefficient (Wildman–Crippen LogP) is 7.71. The minimum Gasteiger partial charge on any atom is -0.457 e. The van der Waals surface area contributed by atoms with Crippen LogP contribution in [0.5, 0.6) is 11.5 Å². The molecule has 0 spiro atoms. The number of hydrazine groups is 1. The highest BCUT2D eigenvalue weighted by molar-refractivity contribution is 6.38. The van der Waals surface area contributed by atoms with Crippen LogP contribution in [0.25, 0.3) is 11.0 Å². The number of amides is 2. The van der Waals surface area contributed by atoms with Gasteiger partial charge in [0.2, 0.25) is 0 Å². The van der Waals surface area contributed by atoms with Crippen molar-refractivity contribution in [1.82, 2.24) is 20.4 Å². The molecule has 1 unspecified atom stereocenters. The second kappa shape index (κ2) is 13.4. The molecule has 1 saturated carbocycles. The number of para-hydroxylation sites is 1. The molecule has 4 aromatic rings. The number of nitrogens with one attached hydrogen (secondary N) is 2. The standard InChI is InChI=1S/C33H33Cl2N5O5/c1-33(2,3)45-32(43)39-40(20-11-9-19(16-36)10-12-20)31(42)25-18-38-30-27(28(25)35)24(17-37-30)29(41)23-14-13-22(15-26(23)34)44-21-7-5-4-6-8-21/h4-8,13-15,17-20,29,41H,9-12H2,1-3H3,(H,37,38)(H,39,43). The fourth-order valence-corrected chi connectivity index (χ4v) is 5.93. The number of rotatable bonds is 6. The van der Waals surface area contributed by atoms with E-state index in [1.54, 1.807) is 45.2 Å². The first-order chi connectivity index (χ1) is 21.4. The van der Waals surface area contributed by atoms with E-state index in [0.717, 1.165) is 0 Å². The number of hydrogen-bond donors (Lipinski definition) is 3. The van der Waals surface area contributed by atoms with Crippen LogP contribution in [0.15, 0.2) is 60.9 Å². The second-order valence-electron chi connectivity index (χ2n) is 11.9. The lowest BCUT2D eigenvalue weighted by molar-refractivity contribution is 0.0168. The summed E-state index contributed by atoms with van der Waals surface area (Å²) in [5, 5.41) is 22.7. The molecule has 2 aromatic carbocycles. The number of benzene rings is 2. The lowest BCUT2D eigenvalue weighted by Gasteiger charge is -2.35. The first kappa shape index (κ1) is 32.1. The summed E-state index contributed by atoms with van der Waals surface area (Å²) in [5.74, 6) is 0.427. The fraction of sp³-hybridized carbons (Fsp3) is 0.333. The molecule has 0 radical (unpaired) electrons. The number of pyridine rings is 1. The summed E-state index contributed by atoms with van der Waals surface area (Å²) in [5.41, 5.74) is 2.94. The van der Waals surface area contributed by atoms with Crippen molar-refractivity contribution in [3.63, 3.8) is 0 Å². The summed E-state index contributed by atoms with van der Waals surface area (Å²) in [6.45, 7) is 5.17. The third kappa shape index (κ3) is 7.34. The van der Waals surface area contributed by atoms with E-state index in [1.165, 1.54) is 11.2 Å². The Kier molecular flexibility index (Phi) is 9.53. The van der Waals surface area contributed by atoms with Crippen molar-refractivity contribution in [1.29, 1.82) is 5.26 Å². The van der Waals surface area contributed by atoms with E-state index in [1.807, 2.05) is 30.3 Å². The number of aliphatic hydroxyl groups excluding tert-OH is 1. The van der Waals surface area contributed by atoms with Gasteiger partial charge in [-0.3, -0.25) is 4.79 Å². The highest BCUT2D eigenvalue weighted by Crippen LogP contribution is 2.39. The summed E-state index contributed by atoms with van der Waals surface area (Å²) in [4.78, 5) is 34.2. The molecule has 12 heteroatoms. The van der Waals surface area contributed by atoms with Crippen LogP contribution in [-0.4, -0.2) is 43.7 Å². The normalized spacial score (nSPS) is 17.3. The molecule has 1 aliphatic rings. The Labute approximate surface area is 270 Å². The average molecular weight is 651 g/mol. The maximum Gasteiger partial charge on any atom is 0.426 e. The molecule has 45 heavy (non-hydrogen) atoms. The zero-order valence-corrected chi connectivity index (χ0v) is 26.5. The molecule has 2 amide bonds. The molecule has 1 atom stereocenters. The number of aliphatic hydroxyl groups is 1.